The fraction of sp³-hybridized carbons (Fsp3) is 0.278. The van der Waals surface area contributed by atoms with Gasteiger partial charge in [-0.15, -0.1) is 0 Å². The Kier molecular flexibility index (Phi) is 3.97. The number of fused-ring (bicyclic) bond motifs is 1. The number of Topliss-reactive ketones (excluding diaryl/α,β-unsaturated/α-hetero) is 1. The van der Waals surface area contributed by atoms with Crippen LogP contribution in [0.15, 0.2) is 59.5 Å². The molecule has 126 valence electrons. The van der Waals surface area contributed by atoms with E-state index in [1.165, 1.54) is 26.0 Å². The third-order valence-corrected chi connectivity index (χ3v) is 6.39. The van der Waals surface area contributed by atoms with Gasteiger partial charge < -0.3 is 5.11 Å². The smallest absolute Gasteiger partial charge is 0.266 e. The Morgan fingerprint density at radius 3 is 2.33 bits per heavy atom. The lowest BCUT2D eigenvalue weighted by Crippen LogP contribution is -2.59. The second-order valence-corrected chi connectivity index (χ2v) is 7.96. The molecule has 0 amide bonds. The van der Waals surface area contributed by atoms with E-state index < -0.39 is 21.7 Å². The van der Waals surface area contributed by atoms with E-state index in [1.54, 1.807) is 42.5 Å². The van der Waals surface area contributed by atoms with E-state index in [0.29, 0.717) is 12.1 Å². The van der Waals surface area contributed by atoms with Gasteiger partial charge >= 0.3 is 0 Å². The Hall–Kier alpha value is -2.18. The van der Waals surface area contributed by atoms with Gasteiger partial charge in [0, 0.05) is 0 Å². The van der Waals surface area contributed by atoms with Gasteiger partial charge in [-0.2, -0.15) is 0 Å². The monoisotopic (exact) mass is 345 g/mol. The van der Waals surface area contributed by atoms with Crippen LogP contribution in [0.1, 0.15) is 19.4 Å². The number of rotatable bonds is 3. The number of para-hydroxylation sites is 1. The predicted octanol–water partition coefficient (Wildman–Crippen LogP) is 2.35. The van der Waals surface area contributed by atoms with Crippen molar-refractivity contribution in [3.63, 3.8) is 0 Å². The zero-order chi connectivity index (χ0) is 17.5. The maximum absolute atomic E-state index is 13.2. The van der Waals surface area contributed by atoms with E-state index in [4.69, 9.17) is 0 Å². The summed E-state index contributed by atoms with van der Waals surface area (Å²) >= 11 is 0. The first-order valence-electron chi connectivity index (χ1n) is 7.67. The molecule has 1 aliphatic rings. The molecule has 2 atom stereocenters. The van der Waals surface area contributed by atoms with Crippen LogP contribution in [-0.4, -0.2) is 25.0 Å². The Morgan fingerprint density at radius 1 is 1.12 bits per heavy atom. The Labute approximate surface area is 141 Å². The normalized spacial score (nSPS) is 23.6. The fourth-order valence-electron chi connectivity index (χ4n) is 3.28. The Bertz CT molecular complexity index is 875. The van der Waals surface area contributed by atoms with E-state index in [-0.39, 0.29) is 10.7 Å². The minimum atomic E-state index is -4.02. The largest absolute Gasteiger partial charge is 0.369 e. The van der Waals surface area contributed by atoms with Crippen molar-refractivity contribution in [2.75, 3.05) is 4.31 Å². The molecule has 0 radical (unpaired) electrons. The second kappa shape index (κ2) is 5.72. The van der Waals surface area contributed by atoms with Gasteiger partial charge in [0.15, 0.2) is 5.72 Å². The van der Waals surface area contributed by atoms with Crippen LogP contribution in [0, 0.1) is 5.92 Å². The molecular weight excluding hydrogens is 326 g/mol. The lowest BCUT2D eigenvalue weighted by atomic mass is 9.83. The van der Waals surface area contributed by atoms with E-state index in [1.807, 2.05) is 0 Å². The summed E-state index contributed by atoms with van der Waals surface area (Å²) in [5.74, 6) is -1.08. The fourth-order valence-corrected chi connectivity index (χ4v) is 5.04. The third-order valence-electron chi connectivity index (χ3n) is 4.48. The van der Waals surface area contributed by atoms with Crippen LogP contribution in [-0.2, 0) is 21.2 Å². The first-order chi connectivity index (χ1) is 11.3. The van der Waals surface area contributed by atoms with Crippen molar-refractivity contribution in [3.8, 4) is 0 Å². The number of hydrogen-bond acceptors (Lipinski definition) is 4. The summed E-state index contributed by atoms with van der Waals surface area (Å²) < 4.78 is 27.4. The highest BCUT2D eigenvalue weighted by molar-refractivity contribution is 7.93. The highest BCUT2D eigenvalue weighted by atomic mass is 32.2. The van der Waals surface area contributed by atoms with Gasteiger partial charge in [0.05, 0.1) is 16.5 Å². The van der Waals surface area contributed by atoms with E-state index in [0.717, 1.165) is 9.87 Å². The van der Waals surface area contributed by atoms with Crippen molar-refractivity contribution in [2.24, 2.45) is 5.92 Å². The van der Waals surface area contributed by atoms with Crippen LogP contribution in [0.25, 0.3) is 0 Å². The van der Waals surface area contributed by atoms with Crippen LogP contribution in [0.2, 0.25) is 0 Å². The van der Waals surface area contributed by atoms with Gasteiger partial charge in [-0.05, 0) is 44.0 Å². The molecule has 0 unspecified atom stereocenters. The van der Waals surface area contributed by atoms with Gasteiger partial charge in [0.25, 0.3) is 10.0 Å². The van der Waals surface area contributed by atoms with Crippen molar-refractivity contribution < 1.29 is 18.3 Å². The number of carbonyl (C=O) groups is 1. The van der Waals surface area contributed by atoms with Crippen molar-refractivity contribution in [1.82, 2.24) is 0 Å². The molecule has 0 bridgehead atoms. The molecule has 3 rings (SSSR count). The maximum Gasteiger partial charge on any atom is 0.266 e. The number of benzene rings is 2. The van der Waals surface area contributed by atoms with Crippen molar-refractivity contribution >= 4 is 21.5 Å². The first kappa shape index (κ1) is 16.7. The molecule has 0 saturated carbocycles. The maximum atomic E-state index is 13.2. The molecule has 2 aromatic rings. The molecule has 1 aliphatic heterocycles. The minimum absolute atomic E-state index is 0.0734. The molecule has 0 spiro atoms. The number of ketones is 1. The van der Waals surface area contributed by atoms with Gasteiger partial charge in [-0.1, -0.05) is 36.4 Å². The first-order valence-corrected chi connectivity index (χ1v) is 9.11. The summed E-state index contributed by atoms with van der Waals surface area (Å²) in [5.41, 5.74) is -0.706. The second-order valence-electron chi connectivity index (χ2n) is 6.17. The van der Waals surface area contributed by atoms with E-state index in [2.05, 4.69) is 0 Å². The molecule has 1 N–H and O–H groups in total. The van der Waals surface area contributed by atoms with Gasteiger partial charge in [0.1, 0.15) is 5.78 Å². The topological polar surface area (TPSA) is 74.7 Å². The number of aliphatic hydroxyl groups is 1. The van der Waals surface area contributed by atoms with Crippen molar-refractivity contribution in [3.05, 3.63) is 60.2 Å². The quantitative estimate of drug-likeness (QED) is 0.927. The summed E-state index contributed by atoms with van der Waals surface area (Å²) in [7, 11) is -4.02. The number of hydrogen-bond donors (Lipinski definition) is 1. The van der Waals surface area contributed by atoms with E-state index in [9.17, 15) is 18.3 Å². The zero-order valence-electron chi connectivity index (χ0n) is 13.5. The average Bonchev–Trinajstić information content (AvgIpc) is 2.53. The van der Waals surface area contributed by atoms with E-state index >= 15 is 0 Å². The molecule has 24 heavy (non-hydrogen) atoms. The van der Waals surface area contributed by atoms with Crippen LogP contribution in [0.5, 0.6) is 0 Å². The standard InChI is InChI=1S/C18H19NO4S/c1-13(20)16-12-14-8-6-7-11-17(14)19(18(16,2)21)24(22,23)15-9-4-3-5-10-15/h3-11,16,21H,12H2,1-2H3/t16-,18+/m1/s1. The summed E-state index contributed by atoms with van der Waals surface area (Å²) in [5, 5.41) is 11.0. The number of nitrogens with zero attached hydrogens (tertiary/aromatic N) is 1. The molecule has 0 aliphatic carbocycles. The van der Waals surface area contributed by atoms with Crippen LogP contribution < -0.4 is 4.31 Å². The summed E-state index contributed by atoms with van der Waals surface area (Å²) in [6.07, 6.45) is 0.305. The molecule has 2 aromatic carbocycles. The minimum Gasteiger partial charge on any atom is -0.369 e. The SMILES string of the molecule is CC(=O)[C@H]1Cc2ccccc2N(S(=O)(=O)c2ccccc2)[C@@]1(C)O. The molecule has 5 nitrogen and oxygen atoms in total. The van der Waals surface area contributed by atoms with Gasteiger partial charge in [0.2, 0.25) is 0 Å². The Morgan fingerprint density at radius 2 is 1.71 bits per heavy atom. The molecule has 0 saturated heterocycles. The zero-order valence-corrected chi connectivity index (χ0v) is 14.3. The van der Waals surface area contributed by atoms with Gasteiger partial charge in [-0.3, -0.25) is 4.79 Å². The highest BCUT2D eigenvalue weighted by Gasteiger charge is 2.50. The van der Waals surface area contributed by atoms with Crippen LogP contribution in [0.4, 0.5) is 5.69 Å². The van der Waals surface area contributed by atoms with Crippen LogP contribution >= 0.6 is 0 Å². The van der Waals surface area contributed by atoms with Gasteiger partial charge in [-0.25, -0.2) is 12.7 Å². The van der Waals surface area contributed by atoms with Crippen molar-refractivity contribution in [1.29, 1.82) is 0 Å². The van der Waals surface area contributed by atoms with Crippen LogP contribution in [0.3, 0.4) is 0 Å². The number of carbonyl (C=O) groups excluding carboxylic acids is 1. The molecule has 6 heteroatoms. The number of sulfonamides is 1. The highest BCUT2D eigenvalue weighted by Crippen LogP contribution is 2.42. The molecule has 0 fully saturated rings. The third kappa shape index (κ3) is 2.52. The summed E-state index contributed by atoms with van der Waals surface area (Å²) in [6.45, 7) is 2.76. The average molecular weight is 345 g/mol. The predicted molar refractivity (Wildman–Crippen MR) is 91.0 cm³/mol. The lowest BCUT2D eigenvalue weighted by molar-refractivity contribution is -0.128. The van der Waals surface area contributed by atoms with Crippen molar-refractivity contribution in [2.45, 2.75) is 30.9 Å². The number of anilines is 1. The summed E-state index contributed by atoms with van der Waals surface area (Å²) in [4.78, 5) is 12.1. The summed E-state index contributed by atoms with van der Waals surface area (Å²) in [6, 6.07) is 14.9. The molecule has 0 aromatic heterocycles. The molecule has 1 heterocycles. The lowest BCUT2D eigenvalue weighted by Gasteiger charge is -2.46. The molecular formula is C18H19NO4S. The Balaban J connectivity index is 2.26.